The van der Waals surface area contributed by atoms with Gasteiger partial charge in [-0.1, -0.05) is 19.1 Å². The SMILES string of the molecule is CCCOc1cccc(-c2ccc(C(=O)Cl)c(=O)n2C)c1. The first kappa shape index (κ1) is 15.3. The number of hydrogen-bond donors (Lipinski definition) is 0. The van der Waals surface area contributed by atoms with Crippen molar-refractivity contribution in [2.24, 2.45) is 7.05 Å². The smallest absolute Gasteiger partial charge is 0.262 e. The Morgan fingerprint density at radius 3 is 2.71 bits per heavy atom. The molecule has 2 rings (SSSR count). The van der Waals surface area contributed by atoms with E-state index in [1.54, 1.807) is 13.1 Å². The molecule has 110 valence electrons. The fourth-order valence-electron chi connectivity index (χ4n) is 2.04. The zero-order valence-electron chi connectivity index (χ0n) is 11.9. The van der Waals surface area contributed by atoms with Crippen molar-refractivity contribution in [3.8, 4) is 17.0 Å². The number of nitrogens with zero attached hydrogens (tertiary/aromatic N) is 1. The number of hydrogen-bond acceptors (Lipinski definition) is 3. The number of benzene rings is 1. The van der Waals surface area contributed by atoms with Crippen LogP contribution in [-0.4, -0.2) is 16.4 Å². The van der Waals surface area contributed by atoms with Gasteiger partial charge in [-0.15, -0.1) is 0 Å². The minimum atomic E-state index is -0.748. The Hall–Kier alpha value is -2.07. The van der Waals surface area contributed by atoms with Crippen LogP contribution in [0.3, 0.4) is 0 Å². The Balaban J connectivity index is 2.45. The largest absolute Gasteiger partial charge is 0.494 e. The first-order chi connectivity index (χ1) is 10.0. The third-order valence-corrected chi connectivity index (χ3v) is 3.32. The van der Waals surface area contributed by atoms with Crippen LogP contribution >= 0.6 is 11.6 Å². The molecule has 21 heavy (non-hydrogen) atoms. The van der Waals surface area contributed by atoms with E-state index in [9.17, 15) is 9.59 Å². The minimum Gasteiger partial charge on any atom is -0.494 e. The van der Waals surface area contributed by atoms with Crippen molar-refractivity contribution in [2.75, 3.05) is 6.61 Å². The van der Waals surface area contributed by atoms with Crippen LogP contribution in [0.15, 0.2) is 41.2 Å². The standard InChI is InChI=1S/C16H16ClNO3/c1-3-9-21-12-6-4-5-11(10-12)14-8-7-13(15(17)19)16(20)18(14)2/h4-8,10H,3,9H2,1-2H3. The van der Waals surface area contributed by atoms with Gasteiger partial charge in [0.25, 0.3) is 10.8 Å². The lowest BCUT2D eigenvalue weighted by molar-refractivity contribution is 0.107. The van der Waals surface area contributed by atoms with Crippen molar-refractivity contribution in [2.45, 2.75) is 13.3 Å². The number of carbonyl (C=O) groups excluding carboxylic acids is 1. The summed E-state index contributed by atoms with van der Waals surface area (Å²) in [6, 6.07) is 10.6. The molecule has 0 unspecified atom stereocenters. The Morgan fingerprint density at radius 2 is 2.05 bits per heavy atom. The first-order valence-electron chi connectivity index (χ1n) is 6.67. The van der Waals surface area contributed by atoms with Crippen molar-refractivity contribution >= 4 is 16.8 Å². The van der Waals surface area contributed by atoms with Crippen LogP contribution in [0.4, 0.5) is 0 Å². The second-order valence-corrected chi connectivity index (χ2v) is 4.99. The predicted octanol–water partition coefficient (Wildman–Crippen LogP) is 3.22. The van der Waals surface area contributed by atoms with Gasteiger partial charge in [-0.3, -0.25) is 9.59 Å². The van der Waals surface area contributed by atoms with Crippen LogP contribution in [-0.2, 0) is 7.05 Å². The molecule has 0 atom stereocenters. The summed E-state index contributed by atoms with van der Waals surface area (Å²) in [4.78, 5) is 23.3. The van der Waals surface area contributed by atoms with Crippen molar-refractivity contribution in [3.63, 3.8) is 0 Å². The van der Waals surface area contributed by atoms with Gasteiger partial charge in [0.2, 0.25) is 0 Å². The molecule has 0 amide bonds. The summed E-state index contributed by atoms with van der Waals surface area (Å²) in [7, 11) is 1.61. The number of pyridine rings is 1. The molecule has 0 saturated carbocycles. The molecule has 4 nitrogen and oxygen atoms in total. The van der Waals surface area contributed by atoms with Crippen LogP contribution in [0.5, 0.6) is 5.75 Å². The number of aromatic nitrogens is 1. The van der Waals surface area contributed by atoms with Crippen molar-refractivity contribution in [3.05, 3.63) is 52.3 Å². The highest BCUT2D eigenvalue weighted by Crippen LogP contribution is 2.23. The maximum absolute atomic E-state index is 12.1. The molecule has 0 aliphatic rings. The van der Waals surface area contributed by atoms with Gasteiger partial charge in [0.05, 0.1) is 17.9 Å². The molecule has 1 heterocycles. The van der Waals surface area contributed by atoms with Gasteiger partial charge in [0, 0.05) is 12.6 Å². The summed E-state index contributed by atoms with van der Waals surface area (Å²) in [6.45, 7) is 2.68. The Morgan fingerprint density at radius 1 is 1.29 bits per heavy atom. The number of carbonyl (C=O) groups is 1. The molecule has 0 N–H and O–H groups in total. The van der Waals surface area contributed by atoms with Gasteiger partial charge >= 0.3 is 0 Å². The normalized spacial score (nSPS) is 10.4. The van der Waals surface area contributed by atoms with Crippen molar-refractivity contribution in [1.82, 2.24) is 4.57 Å². The van der Waals surface area contributed by atoms with Gasteiger partial charge in [-0.05, 0) is 42.3 Å². The molecule has 0 fully saturated rings. The fourth-order valence-corrected chi connectivity index (χ4v) is 2.18. The predicted molar refractivity (Wildman–Crippen MR) is 83.1 cm³/mol. The summed E-state index contributed by atoms with van der Waals surface area (Å²) in [5.41, 5.74) is 1.11. The molecular formula is C16H16ClNO3. The summed E-state index contributed by atoms with van der Waals surface area (Å²) >= 11 is 5.39. The lowest BCUT2D eigenvalue weighted by Gasteiger charge is -2.11. The second-order valence-electron chi connectivity index (χ2n) is 4.65. The summed E-state index contributed by atoms with van der Waals surface area (Å²) in [6.07, 6.45) is 0.926. The van der Waals surface area contributed by atoms with E-state index >= 15 is 0 Å². The van der Waals surface area contributed by atoms with Gasteiger partial charge in [-0.2, -0.15) is 0 Å². The van der Waals surface area contributed by atoms with E-state index in [0.29, 0.717) is 12.3 Å². The number of halogens is 1. The fraction of sp³-hybridized carbons (Fsp3) is 0.250. The molecule has 0 aliphatic heterocycles. The molecule has 1 aromatic carbocycles. The van der Waals surface area contributed by atoms with E-state index in [4.69, 9.17) is 16.3 Å². The zero-order chi connectivity index (χ0) is 15.4. The minimum absolute atomic E-state index is 0.0266. The molecule has 0 aliphatic carbocycles. The molecule has 0 bridgehead atoms. The lowest BCUT2D eigenvalue weighted by atomic mass is 10.1. The third kappa shape index (κ3) is 3.34. The van der Waals surface area contributed by atoms with Gasteiger partial charge in [0.1, 0.15) is 5.75 Å². The Kier molecular flexibility index (Phi) is 4.81. The first-order valence-corrected chi connectivity index (χ1v) is 7.05. The Bertz CT molecular complexity index is 722. The molecular weight excluding hydrogens is 290 g/mol. The summed E-state index contributed by atoms with van der Waals surface area (Å²) < 4.78 is 7.00. The average Bonchev–Trinajstić information content (AvgIpc) is 2.47. The maximum Gasteiger partial charge on any atom is 0.262 e. The average molecular weight is 306 g/mol. The van der Waals surface area contributed by atoms with E-state index in [0.717, 1.165) is 17.7 Å². The molecule has 0 spiro atoms. The van der Waals surface area contributed by atoms with Crippen LogP contribution in [0.25, 0.3) is 11.3 Å². The van der Waals surface area contributed by atoms with E-state index in [-0.39, 0.29) is 5.56 Å². The van der Waals surface area contributed by atoms with Gasteiger partial charge in [0.15, 0.2) is 0 Å². The van der Waals surface area contributed by atoms with Crippen LogP contribution in [0, 0.1) is 0 Å². The molecule has 0 saturated heterocycles. The van der Waals surface area contributed by atoms with Crippen molar-refractivity contribution < 1.29 is 9.53 Å². The molecule has 2 aromatic rings. The number of rotatable bonds is 5. The maximum atomic E-state index is 12.1. The highest BCUT2D eigenvalue weighted by atomic mass is 35.5. The lowest BCUT2D eigenvalue weighted by Crippen LogP contribution is -2.23. The second kappa shape index (κ2) is 6.59. The van der Waals surface area contributed by atoms with Crippen LogP contribution in [0.1, 0.15) is 23.7 Å². The Labute approximate surface area is 127 Å². The number of ether oxygens (including phenoxy) is 1. The van der Waals surface area contributed by atoms with Gasteiger partial charge < -0.3 is 9.30 Å². The van der Waals surface area contributed by atoms with E-state index in [2.05, 4.69) is 0 Å². The zero-order valence-corrected chi connectivity index (χ0v) is 12.7. The summed E-state index contributed by atoms with van der Waals surface area (Å²) in [5, 5.41) is -0.748. The third-order valence-electron chi connectivity index (χ3n) is 3.12. The van der Waals surface area contributed by atoms with Crippen LogP contribution in [0.2, 0.25) is 0 Å². The molecule has 5 heteroatoms. The molecule has 1 aromatic heterocycles. The van der Waals surface area contributed by atoms with Crippen molar-refractivity contribution in [1.29, 1.82) is 0 Å². The van der Waals surface area contributed by atoms with Crippen LogP contribution < -0.4 is 10.3 Å². The highest BCUT2D eigenvalue weighted by molar-refractivity contribution is 6.67. The highest BCUT2D eigenvalue weighted by Gasteiger charge is 2.12. The monoisotopic (exact) mass is 305 g/mol. The van der Waals surface area contributed by atoms with E-state index < -0.39 is 10.8 Å². The van der Waals surface area contributed by atoms with Gasteiger partial charge in [-0.25, -0.2) is 0 Å². The quantitative estimate of drug-likeness (QED) is 0.797. The van der Waals surface area contributed by atoms with E-state index in [1.807, 2.05) is 31.2 Å². The topological polar surface area (TPSA) is 48.3 Å². The van der Waals surface area contributed by atoms with E-state index in [1.165, 1.54) is 10.6 Å². The molecule has 0 radical (unpaired) electrons. The summed E-state index contributed by atoms with van der Waals surface area (Å²) in [5.74, 6) is 0.749.